The zero-order valence-electron chi connectivity index (χ0n) is 14.6. The second-order valence-electron chi connectivity index (χ2n) is 5.18. The Morgan fingerprint density at radius 2 is 2.12 bits per heavy atom. The zero-order chi connectivity index (χ0) is 17.4. The first-order chi connectivity index (χ1) is 11.6. The van der Waals surface area contributed by atoms with E-state index in [1.807, 2.05) is 13.8 Å². The highest BCUT2D eigenvalue weighted by molar-refractivity contribution is 14.0. The SMILES string of the molecule is CCNC(=NCc1nc(C)c(C)s1)NCCOc1cccc(F)c1.I. The Balaban J connectivity index is 0.00000312. The van der Waals surface area contributed by atoms with Crippen molar-refractivity contribution in [3.63, 3.8) is 0 Å². The number of hydrogen-bond donors (Lipinski definition) is 2. The number of nitrogens with one attached hydrogen (secondary N) is 2. The van der Waals surface area contributed by atoms with Crippen molar-refractivity contribution in [1.29, 1.82) is 0 Å². The van der Waals surface area contributed by atoms with E-state index in [4.69, 9.17) is 4.74 Å². The normalized spacial score (nSPS) is 11.0. The van der Waals surface area contributed by atoms with Crippen LogP contribution in [0.1, 0.15) is 22.5 Å². The Labute approximate surface area is 169 Å². The predicted molar refractivity (Wildman–Crippen MR) is 112 cm³/mol. The van der Waals surface area contributed by atoms with Crippen LogP contribution in [0.25, 0.3) is 0 Å². The molecular formula is C17H24FIN4OS. The van der Waals surface area contributed by atoms with Crippen LogP contribution in [0.15, 0.2) is 29.3 Å². The standard InChI is InChI=1S/C17H23FN4OS.HI/c1-4-19-17(21-11-16-22-12(2)13(3)24-16)20-8-9-23-15-7-5-6-14(18)10-15;/h5-7,10H,4,8-9,11H2,1-3H3,(H2,19,20,21);1H. The van der Waals surface area contributed by atoms with Crippen LogP contribution in [0.2, 0.25) is 0 Å². The molecule has 0 aliphatic heterocycles. The fraction of sp³-hybridized carbons (Fsp3) is 0.412. The zero-order valence-corrected chi connectivity index (χ0v) is 17.8. The van der Waals surface area contributed by atoms with Gasteiger partial charge in [-0.25, -0.2) is 14.4 Å². The molecule has 0 amide bonds. The highest BCUT2D eigenvalue weighted by Crippen LogP contribution is 2.16. The van der Waals surface area contributed by atoms with Gasteiger partial charge in [0.1, 0.15) is 23.2 Å². The summed E-state index contributed by atoms with van der Waals surface area (Å²) in [5, 5.41) is 7.37. The monoisotopic (exact) mass is 478 g/mol. The van der Waals surface area contributed by atoms with Gasteiger partial charge in [-0.2, -0.15) is 0 Å². The number of benzene rings is 1. The molecule has 5 nitrogen and oxygen atoms in total. The summed E-state index contributed by atoms with van der Waals surface area (Å²) in [6.45, 7) is 8.38. The highest BCUT2D eigenvalue weighted by atomic mass is 127. The van der Waals surface area contributed by atoms with Crippen LogP contribution in [-0.2, 0) is 6.54 Å². The van der Waals surface area contributed by atoms with Gasteiger partial charge in [-0.3, -0.25) is 0 Å². The Bertz CT molecular complexity index is 674. The number of aromatic nitrogens is 1. The van der Waals surface area contributed by atoms with Crippen molar-refractivity contribution >= 4 is 41.3 Å². The number of nitrogens with zero attached hydrogens (tertiary/aromatic N) is 2. The van der Waals surface area contributed by atoms with Gasteiger partial charge in [-0.1, -0.05) is 6.07 Å². The molecule has 8 heteroatoms. The summed E-state index contributed by atoms with van der Waals surface area (Å²) in [7, 11) is 0. The van der Waals surface area contributed by atoms with E-state index < -0.39 is 0 Å². The average Bonchev–Trinajstić information content (AvgIpc) is 2.87. The van der Waals surface area contributed by atoms with E-state index in [9.17, 15) is 4.39 Å². The van der Waals surface area contributed by atoms with Crippen molar-refractivity contribution in [1.82, 2.24) is 15.6 Å². The summed E-state index contributed by atoms with van der Waals surface area (Å²) >= 11 is 1.67. The van der Waals surface area contributed by atoms with E-state index in [-0.39, 0.29) is 29.8 Å². The Kier molecular flexibility index (Phi) is 9.73. The molecule has 1 aromatic heterocycles. The molecule has 0 saturated heterocycles. The van der Waals surface area contributed by atoms with E-state index in [1.165, 1.54) is 17.0 Å². The van der Waals surface area contributed by atoms with Gasteiger partial charge in [-0.05, 0) is 32.9 Å². The maximum Gasteiger partial charge on any atom is 0.191 e. The van der Waals surface area contributed by atoms with E-state index >= 15 is 0 Å². The van der Waals surface area contributed by atoms with E-state index in [0.29, 0.717) is 31.4 Å². The van der Waals surface area contributed by atoms with Crippen LogP contribution >= 0.6 is 35.3 Å². The van der Waals surface area contributed by atoms with Crippen molar-refractivity contribution in [3.05, 3.63) is 45.7 Å². The largest absolute Gasteiger partial charge is 0.492 e. The minimum absolute atomic E-state index is 0. The van der Waals surface area contributed by atoms with Gasteiger partial charge in [0, 0.05) is 17.5 Å². The van der Waals surface area contributed by atoms with E-state index in [1.54, 1.807) is 23.5 Å². The molecule has 0 radical (unpaired) electrons. The molecule has 2 N–H and O–H groups in total. The lowest BCUT2D eigenvalue weighted by molar-refractivity contribution is 0.320. The topological polar surface area (TPSA) is 58.5 Å². The van der Waals surface area contributed by atoms with E-state index in [0.717, 1.165) is 17.2 Å². The molecule has 0 unspecified atom stereocenters. The van der Waals surface area contributed by atoms with Gasteiger partial charge in [0.05, 0.1) is 18.8 Å². The lowest BCUT2D eigenvalue weighted by atomic mass is 10.3. The van der Waals surface area contributed by atoms with Crippen molar-refractivity contribution in [3.8, 4) is 5.75 Å². The molecule has 0 bridgehead atoms. The summed E-state index contributed by atoms with van der Waals surface area (Å²) < 4.78 is 18.6. The number of halogens is 2. The molecule has 0 aliphatic carbocycles. The Morgan fingerprint density at radius 1 is 1.32 bits per heavy atom. The molecule has 0 fully saturated rings. The molecule has 0 saturated carbocycles. The highest BCUT2D eigenvalue weighted by Gasteiger charge is 2.04. The fourth-order valence-corrected chi connectivity index (χ4v) is 2.85. The van der Waals surface area contributed by atoms with Crippen molar-refractivity contribution in [2.24, 2.45) is 4.99 Å². The van der Waals surface area contributed by atoms with Gasteiger partial charge >= 0.3 is 0 Å². The molecule has 2 aromatic rings. The molecule has 1 heterocycles. The van der Waals surface area contributed by atoms with Crippen LogP contribution in [0, 0.1) is 19.7 Å². The minimum atomic E-state index is -0.301. The number of rotatable bonds is 7. The molecule has 0 spiro atoms. The first-order valence-corrected chi connectivity index (χ1v) is 8.73. The quantitative estimate of drug-likeness (QED) is 0.276. The third-order valence-corrected chi connectivity index (χ3v) is 4.31. The minimum Gasteiger partial charge on any atom is -0.492 e. The third kappa shape index (κ3) is 7.55. The molecule has 25 heavy (non-hydrogen) atoms. The smallest absolute Gasteiger partial charge is 0.191 e. The maximum absolute atomic E-state index is 13.1. The number of ether oxygens (including phenoxy) is 1. The molecule has 0 aliphatic rings. The summed E-state index contributed by atoms with van der Waals surface area (Å²) in [5.41, 5.74) is 1.06. The Morgan fingerprint density at radius 3 is 2.76 bits per heavy atom. The van der Waals surface area contributed by atoms with Crippen molar-refractivity contribution in [2.45, 2.75) is 27.3 Å². The van der Waals surface area contributed by atoms with Gasteiger partial charge in [0.2, 0.25) is 0 Å². The number of thiazole rings is 1. The van der Waals surface area contributed by atoms with Crippen LogP contribution in [0.5, 0.6) is 5.75 Å². The number of guanidine groups is 1. The summed E-state index contributed by atoms with van der Waals surface area (Å²) in [4.78, 5) is 10.2. The second-order valence-corrected chi connectivity index (χ2v) is 6.46. The van der Waals surface area contributed by atoms with Gasteiger partial charge in [0.25, 0.3) is 0 Å². The predicted octanol–water partition coefficient (Wildman–Crippen LogP) is 3.65. The van der Waals surface area contributed by atoms with Gasteiger partial charge in [0.15, 0.2) is 5.96 Å². The third-order valence-electron chi connectivity index (χ3n) is 3.25. The molecular weight excluding hydrogens is 454 g/mol. The van der Waals surface area contributed by atoms with Crippen LogP contribution < -0.4 is 15.4 Å². The Hall–Kier alpha value is -1.42. The molecule has 138 valence electrons. The number of aryl methyl sites for hydroxylation is 2. The van der Waals surface area contributed by atoms with E-state index in [2.05, 4.69) is 27.5 Å². The van der Waals surface area contributed by atoms with Crippen LogP contribution in [0.4, 0.5) is 4.39 Å². The van der Waals surface area contributed by atoms with Crippen LogP contribution in [-0.4, -0.2) is 30.6 Å². The molecule has 0 atom stereocenters. The summed E-state index contributed by atoms with van der Waals surface area (Å²) in [6.07, 6.45) is 0. The molecule has 2 rings (SSSR count). The molecule has 1 aromatic carbocycles. The number of hydrogen-bond acceptors (Lipinski definition) is 4. The van der Waals surface area contributed by atoms with Crippen molar-refractivity contribution in [2.75, 3.05) is 19.7 Å². The first kappa shape index (κ1) is 21.6. The van der Waals surface area contributed by atoms with Crippen molar-refractivity contribution < 1.29 is 9.13 Å². The van der Waals surface area contributed by atoms with Crippen LogP contribution in [0.3, 0.4) is 0 Å². The maximum atomic E-state index is 13.1. The van der Waals surface area contributed by atoms with Gasteiger partial charge in [-0.15, -0.1) is 35.3 Å². The second kappa shape index (κ2) is 11.2. The lowest BCUT2D eigenvalue weighted by Crippen LogP contribution is -2.39. The first-order valence-electron chi connectivity index (χ1n) is 7.92. The fourth-order valence-electron chi connectivity index (χ4n) is 1.99. The average molecular weight is 478 g/mol. The lowest BCUT2D eigenvalue weighted by Gasteiger charge is -2.11. The van der Waals surface area contributed by atoms with Gasteiger partial charge < -0.3 is 15.4 Å². The number of aliphatic imine (C=N–C) groups is 1. The summed E-state index contributed by atoms with van der Waals surface area (Å²) in [6, 6.07) is 6.12. The summed E-state index contributed by atoms with van der Waals surface area (Å²) in [5.74, 6) is 0.933.